The van der Waals surface area contributed by atoms with Crippen LogP contribution in [0.3, 0.4) is 0 Å². The molecule has 6 nitrogen and oxygen atoms in total. The molecule has 174 valence electrons. The van der Waals surface area contributed by atoms with E-state index in [1.54, 1.807) is 12.1 Å². The first kappa shape index (κ1) is 25.0. The number of rotatable bonds is 10. The van der Waals surface area contributed by atoms with Crippen LogP contribution in [0.1, 0.15) is 31.0 Å². The van der Waals surface area contributed by atoms with E-state index in [9.17, 15) is 13.2 Å². The third kappa shape index (κ3) is 6.90. The van der Waals surface area contributed by atoms with Crippen LogP contribution in [0.15, 0.2) is 88.2 Å². The highest BCUT2D eigenvalue weighted by molar-refractivity contribution is 9.10. The third-order valence-electron chi connectivity index (χ3n) is 5.04. The van der Waals surface area contributed by atoms with Gasteiger partial charge >= 0.3 is 0 Å². The molecule has 0 aromatic heterocycles. The number of carbonyl (C=O) groups excluding carboxylic acids is 1. The Labute approximate surface area is 203 Å². The minimum Gasteiger partial charge on any atom is -0.494 e. The van der Waals surface area contributed by atoms with E-state index in [0.29, 0.717) is 12.4 Å². The van der Waals surface area contributed by atoms with Crippen LogP contribution < -0.4 is 10.1 Å². The topological polar surface area (TPSA) is 75.7 Å². The minimum atomic E-state index is -3.92. The van der Waals surface area contributed by atoms with Crippen molar-refractivity contribution in [2.75, 3.05) is 13.2 Å². The quantitative estimate of drug-likeness (QED) is 0.403. The maximum absolute atomic E-state index is 13.4. The Morgan fingerprint density at radius 1 is 1.00 bits per heavy atom. The number of hydrogen-bond donors (Lipinski definition) is 1. The van der Waals surface area contributed by atoms with Crippen molar-refractivity contribution in [3.63, 3.8) is 0 Å². The van der Waals surface area contributed by atoms with E-state index < -0.39 is 10.0 Å². The van der Waals surface area contributed by atoms with Gasteiger partial charge in [0.15, 0.2) is 0 Å². The van der Waals surface area contributed by atoms with E-state index >= 15 is 0 Å². The standard InChI is InChI=1S/C25H27BrN2O4S/c1-3-32-23-13-15-24(16-14-23)33(30,31)28(17-20-7-5-4-6-8-20)18-25(29)27-19(2)21-9-11-22(26)12-10-21/h4-16,19H,3,17-18H2,1-2H3,(H,27,29)/t19-/m1/s1. The molecule has 0 aliphatic heterocycles. The van der Waals surface area contributed by atoms with Crippen LogP contribution in [0.25, 0.3) is 0 Å². The number of benzene rings is 3. The van der Waals surface area contributed by atoms with Crippen LogP contribution in [0, 0.1) is 0 Å². The molecule has 1 amide bonds. The zero-order chi connectivity index (χ0) is 23.8. The van der Waals surface area contributed by atoms with E-state index in [2.05, 4.69) is 21.2 Å². The smallest absolute Gasteiger partial charge is 0.243 e. The van der Waals surface area contributed by atoms with Crippen molar-refractivity contribution in [2.45, 2.75) is 31.3 Å². The average molecular weight is 531 g/mol. The summed E-state index contributed by atoms with van der Waals surface area (Å²) in [7, 11) is -3.92. The summed E-state index contributed by atoms with van der Waals surface area (Å²) >= 11 is 3.40. The number of amides is 1. The molecule has 33 heavy (non-hydrogen) atoms. The number of nitrogens with zero attached hydrogens (tertiary/aromatic N) is 1. The second-order valence-corrected chi connectivity index (χ2v) is 10.4. The van der Waals surface area contributed by atoms with Gasteiger partial charge in [-0.05, 0) is 61.4 Å². The van der Waals surface area contributed by atoms with Gasteiger partial charge in [-0.25, -0.2) is 8.42 Å². The van der Waals surface area contributed by atoms with Gasteiger partial charge in [-0.1, -0.05) is 58.4 Å². The maximum Gasteiger partial charge on any atom is 0.243 e. The molecular weight excluding hydrogens is 504 g/mol. The lowest BCUT2D eigenvalue weighted by Gasteiger charge is -2.23. The number of nitrogens with one attached hydrogen (secondary N) is 1. The Hall–Kier alpha value is -2.68. The highest BCUT2D eigenvalue weighted by atomic mass is 79.9. The molecule has 0 bridgehead atoms. The molecule has 8 heteroatoms. The predicted molar refractivity (Wildman–Crippen MR) is 132 cm³/mol. The third-order valence-corrected chi connectivity index (χ3v) is 7.38. The summed E-state index contributed by atoms with van der Waals surface area (Å²) in [4.78, 5) is 13.0. The summed E-state index contributed by atoms with van der Waals surface area (Å²) in [5, 5.41) is 2.90. The van der Waals surface area contributed by atoms with Crippen LogP contribution in [-0.2, 0) is 21.4 Å². The van der Waals surface area contributed by atoms with Crippen LogP contribution in [-0.4, -0.2) is 31.8 Å². The van der Waals surface area contributed by atoms with Crippen molar-refractivity contribution in [2.24, 2.45) is 0 Å². The number of halogens is 1. The first-order chi connectivity index (χ1) is 15.8. The molecule has 0 saturated carbocycles. The monoisotopic (exact) mass is 530 g/mol. The largest absolute Gasteiger partial charge is 0.494 e. The van der Waals surface area contributed by atoms with Crippen LogP contribution in [0.2, 0.25) is 0 Å². The highest BCUT2D eigenvalue weighted by Gasteiger charge is 2.27. The molecule has 0 aliphatic carbocycles. The molecule has 0 fully saturated rings. The lowest BCUT2D eigenvalue weighted by atomic mass is 10.1. The van der Waals surface area contributed by atoms with Crippen molar-refractivity contribution >= 4 is 31.9 Å². The molecule has 3 rings (SSSR count). The van der Waals surface area contributed by atoms with Crippen molar-refractivity contribution < 1.29 is 17.9 Å². The number of sulfonamides is 1. The van der Waals surface area contributed by atoms with E-state index in [-0.39, 0.29) is 29.9 Å². The highest BCUT2D eigenvalue weighted by Crippen LogP contribution is 2.22. The Morgan fingerprint density at radius 2 is 1.64 bits per heavy atom. The summed E-state index contributed by atoms with van der Waals surface area (Å²) in [5.74, 6) is 0.211. The van der Waals surface area contributed by atoms with E-state index in [4.69, 9.17) is 4.74 Å². The molecule has 0 unspecified atom stereocenters. The first-order valence-electron chi connectivity index (χ1n) is 10.6. The molecule has 0 spiro atoms. The molecule has 1 N–H and O–H groups in total. The fraction of sp³-hybridized carbons (Fsp3) is 0.240. The van der Waals surface area contributed by atoms with E-state index in [0.717, 1.165) is 15.6 Å². The number of ether oxygens (including phenoxy) is 1. The SMILES string of the molecule is CCOc1ccc(S(=O)(=O)N(CC(=O)N[C@H](C)c2ccc(Br)cc2)Cc2ccccc2)cc1. The normalized spacial score (nSPS) is 12.4. The van der Waals surface area contributed by atoms with Gasteiger partial charge in [0, 0.05) is 11.0 Å². The molecule has 1 atom stereocenters. The molecule has 0 heterocycles. The molecule has 3 aromatic carbocycles. The van der Waals surface area contributed by atoms with Gasteiger partial charge in [-0.3, -0.25) is 4.79 Å². The van der Waals surface area contributed by atoms with Crippen LogP contribution in [0.5, 0.6) is 5.75 Å². The van der Waals surface area contributed by atoms with E-state index in [1.807, 2.05) is 68.4 Å². The predicted octanol–water partition coefficient (Wildman–Crippen LogP) is 4.92. The van der Waals surface area contributed by atoms with Gasteiger partial charge in [-0.15, -0.1) is 0 Å². The lowest BCUT2D eigenvalue weighted by molar-refractivity contribution is -0.122. The summed E-state index contributed by atoms with van der Waals surface area (Å²) in [5.41, 5.74) is 1.72. The van der Waals surface area contributed by atoms with Crippen molar-refractivity contribution in [1.82, 2.24) is 9.62 Å². The molecule has 0 radical (unpaired) electrons. The zero-order valence-electron chi connectivity index (χ0n) is 18.6. The fourth-order valence-electron chi connectivity index (χ4n) is 3.32. The lowest BCUT2D eigenvalue weighted by Crippen LogP contribution is -2.41. The summed E-state index contributed by atoms with van der Waals surface area (Å²) in [6.45, 7) is 3.99. The van der Waals surface area contributed by atoms with Crippen LogP contribution in [0.4, 0.5) is 0 Å². The molecular formula is C25H27BrN2O4S. The van der Waals surface area contributed by atoms with Gasteiger partial charge in [0.25, 0.3) is 0 Å². The van der Waals surface area contributed by atoms with Crippen molar-refractivity contribution in [3.05, 3.63) is 94.5 Å². The Morgan fingerprint density at radius 3 is 2.24 bits per heavy atom. The Balaban J connectivity index is 1.81. The second kappa shape index (κ2) is 11.4. The molecule has 3 aromatic rings. The van der Waals surface area contributed by atoms with Crippen molar-refractivity contribution in [3.8, 4) is 5.75 Å². The van der Waals surface area contributed by atoms with Gasteiger partial charge < -0.3 is 10.1 Å². The molecule has 0 aliphatic rings. The number of hydrogen-bond acceptors (Lipinski definition) is 4. The van der Waals surface area contributed by atoms with Crippen LogP contribution >= 0.6 is 15.9 Å². The fourth-order valence-corrected chi connectivity index (χ4v) is 4.97. The first-order valence-corrected chi connectivity index (χ1v) is 12.8. The number of carbonyl (C=O) groups is 1. The second-order valence-electron chi connectivity index (χ2n) is 7.50. The minimum absolute atomic E-state index is 0.0798. The van der Waals surface area contributed by atoms with Gasteiger partial charge in [0.2, 0.25) is 15.9 Å². The summed E-state index contributed by atoms with van der Waals surface area (Å²) in [6.07, 6.45) is 0. The van der Waals surface area contributed by atoms with Crippen molar-refractivity contribution in [1.29, 1.82) is 0 Å². The zero-order valence-corrected chi connectivity index (χ0v) is 21.0. The maximum atomic E-state index is 13.4. The van der Waals surface area contributed by atoms with E-state index in [1.165, 1.54) is 16.4 Å². The average Bonchev–Trinajstić information content (AvgIpc) is 2.80. The van der Waals surface area contributed by atoms with Gasteiger partial charge in [-0.2, -0.15) is 4.31 Å². The van der Waals surface area contributed by atoms with Gasteiger partial charge in [0.05, 0.1) is 24.1 Å². The summed E-state index contributed by atoms with van der Waals surface area (Å²) in [6, 6.07) is 22.8. The van der Waals surface area contributed by atoms with Gasteiger partial charge in [0.1, 0.15) is 5.75 Å². The Bertz CT molecular complexity index is 1150. The molecule has 0 saturated heterocycles. The summed E-state index contributed by atoms with van der Waals surface area (Å²) < 4.78 is 34.4. The Kier molecular flexibility index (Phi) is 8.66.